The average Bonchev–Trinajstić information content (AvgIpc) is 2.96. The molecule has 1 aliphatic rings. The molecule has 0 saturated heterocycles. The van der Waals surface area contributed by atoms with E-state index < -0.39 is 11.9 Å². The van der Waals surface area contributed by atoms with Crippen molar-refractivity contribution in [3.63, 3.8) is 0 Å². The molecule has 100 valence electrons. The highest BCUT2D eigenvalue weighted by atomic mass is 32.1. The number of hydrogen-bond donors (Lipinski definition) is 2. The third-order valence-electron chi connectivity index (χ3n) is 3.02. The molecule has 2 unspecified atom stereocenters. The summed E-state index contributed by atoms with van der Waals surface area (Å²) in [5.74, 6) is -1.54. The lowest BCUT2D eigenvalue weighted by Gasteiger charge is -2.09. The molecule has 19 heavy (non-hydrogen) atoms. The smallest absolute Gasteiger partial charge is 0.310 e. The van der Waals surface area contributed by atoms with E-state index in [-0.39, 0.29) is 11.9 Å². The van der Waals surface area contributed by atoms with Crippen LogP contribution in [0.4, 0.5) is 0 Å². The van der Waals surface area contributed by atoms with E-state index in [4.69, 9.17) is 5.11 Å². The van der Waals surface area contributed by atoms with E-state index in [9.17, 15) is 9.59 Å². The maximum atomic E-state index is 11.7. The van der Waals surface area contributed by atoms with E-state index in [1.165, 1.54) is 6.08 Å². The highest BCUT2D eigenvalue weighted by Gasteiger charge is 2.24. The van der Waals surface area contributed by atoms with Gasteiger partial charge in [0.15, 0.2) is 0 Å². The van der Waals surface area contributed by atoms with Gasteiger partial charge >= 0.3 is 5.97 Å². The minimum atomic E-state index is -0.849. The number of aliphatic carboxylic acids is 1. The fourth-order valence-corrected chi connectivity index (χ4v) is 2.75. The maximum absolute atomic E-state index is 11.7. The highest BCUT2D eigenvalue weighted by molar-refractivity contribution is 7.11. The lowest BCUT2D eigenvalue weighted by Crippen LogP contribution is -2.31. The van der Waals surface area contributed by atoms with Crippen LogP contribution in [0.25, 0.3) is 6.08 Å². The summed E-state index contributed by atoms with van der Waals surface area (Å²) in [5.41, 5.74) is 1.14. The van der Waals surface area contributed by atoms with Gasteiger partial charge in [-0.25, -0.2) is 0 Å². The second-order valence-corrected chi connectivity index (χ2v) is 5.43. The maximum Gasteiger partial charge on any atom is 0.310 e. The Morgan fingerprint density at radius 3 is 2.84 bits per heavy atom. The molecule has 0 spiro atoms. The predicted octanol–water partition coefficient (Wildman–Crippen LogP) is 2.22. The van der Waals surface area contributed by atoms with Gasteiger partial charge in [-0.3, -0.25) is 9.59 Å². The van der Waals surface area contributed by atoms with Crippen LogP contribution in [0, 0.1) is 12.8 Å². The van der Waals surface area contributed by atoms with E-state index in [1.807, 2.05) is 18.4 Å². The summed E-state index contributed by atoms with van der Waals surface area (Å²) >= 11 is 1.58. The van der Waals surface area contributed by atoms with Crippen LogP contribution in [-0.2, 0) is 9.59 Å². The molecule has 0 radical (unpaired) electrons. The van der Waals surface area contributed by atoms with Crippen LogP contribution in [0.5, 0.6) is 0 Å². The Morgan fingerprint density at radius 2 is 2.26 bits per heavy atom. The van der Waals surface area contributed by atoms with Gasteiger partial charge in [-0.05, 0) is 36.4 Å². The molecule has 1 heterocycles. The summed E-state index contributed by atoms with van der Waals surface area (Å²) in [5, 5.41) is 13.6. The highest BCUT2D eigenvalue weighted by Crippen LogP contribution is 2.19. The van der Waals surface area contributed by atoms with Gasteiger partial charge in [-0.1, -0.05) is 12.2 Å². The Balaban J connectivity index is 1.86. The van der Waals surface area contributed by atoms with Gasteiger partial charge in [0.25, 0.3) is 0 Å². The summed E-state index contributed by atoms with van der Waals surface area (Å²) in [6.07, 6.45) is 7.05. The minimum absolute atomic E-state index is 0.192. The molecule has 0 bridgehead atoms. The summed E-state index contributed by atoms with van der Waals surface area (Å²) in [6, 6.07) is 1.81. The number of aryl methyl sites for hydroxylation is 1. The van der Waals surface area contributed by atoms with Crippen molar-refractivity contribution in [2.24, 2.45) is 5.92 Å². The van der Waals surface area contributed by atoms with Crippen molar-refractivity contribution in [2.45, 2.75) is 19.4 Å². The lowest BCUT2D eigenvalue weighted by molar-refractivity contribution is -0.140. The minimum Gasteiger partial charge on any atom is -0.481 e. The normalized spacial score (nSPS) is 21.9. The Morgan fingerprint density at radius 1 is 1.47 bits per heavy atom. The van der Waals surface area contributed by atoms with E-state index >= 15 is 0 Å². The zero-order chi connectivity index (χ0) is 13.8. The molecule has 1 aliphatic carbocycles. The molecule has 0 aromatic carbocycles. The molecule has 2 N–H and O–H groups in total. The van der Waals surface area contributed by atoms with E-state index in [1.54, 1.807) is 29.6 Å². The summed E-state index contributed by atoms with van der Waals surface area (Å²) < 4.78 is 0. The Labute approximate surface area is 115 Å². The summed E-state index contributed by atoms with van der Waals surface area (Å²) in [7, 11) is 0. The van der Waals surface area contributed by atoms with Crippen LogP contribution in [0.3, 0.4) is 0 Å². The first-order chi connectivity index (χ1) is 9.06. The lowest BCUT2D eigenvalue weighted by atomic mass is 10.1. The van der Waals surface area contributed by atoms with Gasteiger partial charge in [0.2, 0.25) is 5.91 Å². The van der Waals surface area contributed by atoms with Crippen LogP contribution in [0.2, 0.25) is 0 Å². The van der Waals surface area contributed by atoms with Crippen molar-refractivity contribution in [2.75, 3.05) is 0 Å². The zero-order valence-corrected chi connectivity index (χ0v) is 11.3. The van der Waals surface area contributed by atoms with Crippen molar-refractivity contribution in [1.29, 1.82) is 0 Å². The predicted molar refractivity (Wildman–Crippen MR) is 74.9 cm³/mol. The van der Waals surface area contributed by atoms with Crippen LogP contribution in [-0.4, -0.2) is 23.0 Å². The van der Waals surface area contributed by atoms with Crippen molar-refractivity contribution in [3.05, 3.63) is 40.1 Å². The molecule has 2 rings (SSSR count). The van der Waals surface area contributed by atoms with Gasteiger partial charge in [-0.2, -0.15) is 0 Å². The van der Waals surface area contributed by atoms with Gasteiger partial charge in [0.05, 0.1) is 5.92 Å². The third-order valence-corrected chi connectivity index (χ3v) is 4.00. The molecule has 0 fully saturated rings. The average molecular weight is 277 g/mol. The van der Waals surface area contributed by atoms with Crippen molar-refractivity contribution in [3.8, 4) is 0 Å². The third kappa shape index (κ3) is 3.54. The largest absolute Gasteiger partial charge is 0.481 e. The number of amides is 1. The first kappa shape index (κ1) is 13.5. The molecular formula is C14H15NO3S. The molecule has 0 aliphatic heterocycles. The second kappa shape index (κ2) is 5.84. The fourth-order valence-electron chi connectivity index (χ4n) is 1.93. The molecular weight excluding hydrogens is 262 g/mol. The van der Waals surface area contributed by atoms with Crippen LogP contribution in [0.1, 0.15) is 16.9 Å². The van der Waals surface area contributed by atoms with Crippen LogP contribution < -0.4 is 5.32 Å². The number of rotatable bonds is 4. The van der Waals surface area contributed by atoms with Crippen LogP contribution >= 0.6 is 11.3 Å². The topological polar surface area (TPSA) is 66.4 Å². The summed E-state index contributed by atoms with van der Waals surface area (Å²) in [6.45, 7) is 1.99. The first-order valence-corrected chi connectivity index (χ1v) is 6.88. The number of carboxylic acids is 1. The molecule has 1 aromatic heterocycles. The summed E-state index contributed by atoms with van der Waals surface area (Å²) in [4.78, 5) is 23.5. The Bertz CT molecular complexity index is 545. The van der Waals surface area contributed by atoms with E-state index in [0.717, 1.165) is 10.4 Å². The number of carbonyl (C=O) groups excluding carboxylic acids is 1. The Hall–Kier alpha value is -1.88. The van der Waals surface area contributed by atoms with Crippen molar-refractivity contribution >= 4 is 29.3 Å². The standard InChI is InChI=1S/C14H15NO3S/c1-9-6-7-19-12(9)4-5-13(16)15-11-3-2-10(8-11)14(17)18/h2-7,10-11H,8H2,1H3,(H,15,16)(H,17,18). The molecule has 2 atom stereocenters. The molecule has 0 saturated carbocycles. The van der Waals surface area contributed by atoms with Crippen molar-refractivity contribution < 1.29 is 14.7 Å². The van der Waals surface area contributed by atoms with E-state index in [2.05, 4.69) is 5.32 Å². The van der Waals surface area contributed by atoms with Gasteiger partial charge in [0.1, 0.15) is 0 Å². The molecule has 1 aromatic rings. The Kier molecular flexibility index (Phi) is 4.16. The van der Waals surface area contributed by atoms with Gasteiger partial charge in [0, 0.05) is 17.0 Å². The van der Waals surface area contributed by atoms with Gasteiger partial charge in [-0.15, -0.1) is 11.3 Å². The molecule has 4 nitrogen and oxygen atoms in total. The van der Waals surface area contributed by atoms with Crippen molar-refractivity contribution in [1.82, 2.24) is 5.32 Å². The van der Waals surface area contributed by atoms with Gasteiger partial charge < -0.3 is 10.4 Å². The zero-order valence-electron chi connectivity index (χ0n) is 10.5. The first-order valence-electron chi connectivity index (χ1n) is 6.00. The monoisotopic (exact) mass is 277 g/mol. The number of carboxylic acid groups (broad SMARTS) is 1. The number of nitrogens with one attached hydrogen (secondary N) is 1. The molecule has 5 heteroatoms. The number of thiophene rings is 1. The molecule has 1 amide bonds. The number of carbonyl (C=O) groups is 2. The van der Waals surface area contributed by atoms with E-state index in [0.29, 0.717) is 6.42 Å². The van der Waals surface area contributed by atoms with Crippen LogP contribution in [0.15, 0.2) is 29.7 Å². The fraction of sp³-hybridized carbons (Fsp3) is 0.286. The SMILES string of the molecule is Cc1ccsc1C=CC(=O)NC1C=CC(C(=O)O)C1. The quantitative estimate of drug-likeness (QED) is 0.655. The second-order valence-electron chi connectivity index (χ2n) is 4.48. The number of hydrogen-bond acceptors (Lipinski definition) is 3.